The number of hydrogen-bond donors (Lipinski definition) is 2. The van der Waals surface area contributed by atoms with E-state index in [0.29, 0.717) is 13.0 Å². The molecule has 16 heavy (non-hydrogen) atoms. The van der Waals surface area contributed by atoms with Crippen LogP contribution in [-0.4, -0.2) is 17.6 Å². The first-order valence-corrected chi connectivity index (χ1v) is 6.09. The average Bonchev–Trinajstić information content (AvgIpc) is 2.70. The third-order valence-electron chi connectivity index (χ3n) is 3.01. The molecule has 1 heterocycles. The Kier molecular flexibility index (Phi) is 3.30. The number of halogens is 1. The second-order valence-electron chi connectivity index (χ2n) is 4.26. The van der Waals surface area contributed by atoms with Crippen LogP contribution in [0.25, 0.3) is 0 Å². The van der Waals surface area contributed by atoms with Gasteiger partial charge in [0, 0.05) is 17.1 Å². The molecule has 1 aliphatic rings. The van der Waals surface area contributed by atoms with Gasteiger partial charge in [-0.2, -0.15) is 0 Å². The van der Waals surface area contributed by atoms with Gasteiger partial charge in [0.15, 0.2) is 0 Å². The zero-order chi connectivity index (χ0) is 11.7. The number of carboxylic acids is 1. The van der Waals surface area contributed by atoms with Gasteiger partial charge in [0.2, 0.25) is 0 Å². The highest BCUT2D eigenvalue weighted by Gasteiger charge is 2.30. The first-order chi connectivity index (χ1) is 7.58. The first-order valence-electron chi connectivity index (χ1n) is 5.30. The summed E-state index contributed by atoms with van der Waals surface area (Å²) in [4.78, 5) is 10.9. The summed E-state index contributed by atoms with van der Waals surface area (Å²) in [6.45, 7) is 2.60. The summed E-state index contributed by atoms with van der Waals surface area (Å²) in [5.41, 5.74) is 2.35. The highest BCUT2D eigenvalue weighted by atomic mass is 79.9. The molecule has 2 N–H and O–H groups in total. The van der Waals surface area contributed by atoms with Crippen LogP contribution in [0, 0.1) is 12.8 Å². The number of carboxylic acid groups (broad SMARTS) is 1. The Morgan fingerprint density at radius 3 is 2.94 bits per heavy atom. The van der Waals surface area contributed by atoms with Crippen molar-refractivity contribution in [3.8, 4) is 0 Å². The lowest BCUT2D eigenvalue weighted by molar-refractivity contribution is -0.141. The molecule has 0 amide bonds. The van der Waals surface area contributed by atoms with E-state index in [4.69, 9.17) is 5.11 Å². The van der Waals surface area contributed by atoms with Gasteiger partial charge in [-0.25, -0.2) is 0 Å². The lowest BCUT2D eigenvalue weighted by Crippen LogP contribution is -2.17. The van der Waals surface area contributed by atoms with Crippen molar-refractivity contribution in [1.29, 1.82) is 0 Å². The van der Waals surface area contributed by atoms with Crippen LogP contribution in [0.4, 0.5) is 0 Å². The first kappa shape index (κ1) is 11.6. The van der Waals surface area contributed by atoms with Crippen LogP contribution >= 0.6 is 15.9 Å². The lowest BCUT2D eigenvalue weighted by Gasteiger charge is -2.13. The maximum absolute atomic E-state index is 10.9. The second kappa shape index (κ2) is 4.55. The Morgan fingerprint density at radius 1 is 1.56 bits per heavy atom. The molecule has 1 saturated heterocycles. The summed E-state index contributed by atoms with van der Waals surface area (Å²) in [6, 6.07) is 6.30. The highest BCUT2D eigenvalue weighted by Crippen LogP contribution is 2.32. The van der Waals surface area contributed by atoms with Crippen molar-refractivity contribution in [2.75, 3.05) is 6.54 Å². The molecular weight excluding hydrogens is 270 g/mol. The zero-order valence-electron chi connectivity index (χ0n) is 9.03. The van der Waals surface area contributed by atoms with Crippen LogP contribution in [-0.2, 0) is 4.79 Å². The summed E-state index contributed by atoms with van der Waals surface area (Å²) in [5.74, 6) is -0.976. The molecular formula is C12H14BrNO2. The number of aliphatic carboxylic acids is 1. The van der Waals surface area contributed by atoms with Crippen molar-refractivity contribution >= 4 is 21.9 Å². The van der Waals surface area contributed by atoms with Gasteiger partial charge in [-0.1, -0.05) is 33.6 Å². The smallest absolute Gasteiger partial charge is 0.307 e. The summed E-state index contributed by atoms with van der Waals surface area (Å²) >= 11 is 3.51. The second-order valence-corrected chi connectivity index (χ2v) is 5.11. The van der Waals surface area contributed by atoms with Gasteiger partial charge in [0.05, 0.1) is 5.92 Å². The number of nitrogens with one attached hydrogen (secondary N) is 1. The van der Waals surface area contributed by atoms with Gasteiger partial charge < -0.3 is 10.4 Å². The highest BCUT2D eigenvalue weighted by molar-refractivity contribution is 9.10. The van der Waals surface area contributed by atoms with Crippen LogP contribution in [0.1, 0.15) is 23.6 Å². The molecule has 0 aliphatic carbocycles. The minimum Gasteiger partial charge on any atom is -0.481 e. The van der Waals surface area contributed by atoms with Gasteiger partial charge in [0.1, 0.15) is 0 Å². The molecule has 2 unspecified atom stereocenters. The number of aryl methyl sites for hydroxylation is 1. The Balaban J connectivity index is 2.20. The Labute approximate surface area is 103 Å². The van der Waals surface area contributed by atoms with Crippen molar-refractivity contribution in [2.24, 2.45) is 5.92 Å². The molecule has 2 rings (SSSR count). The van der Waals surface area contributed by atoms with E-state index in [1.165, 1.54) is 5.56 Å². The Bertz CT molecular complexity index is 419. The molecule has 3 nitrogen and oxygen atoms in total. The molecule has 1 aliphatic heterocycles. The third kappa shape index (κ3) is 2.28. The minimum atomic E-state index is -0.709. The van der Waals surface area contributed by atoms with E-state index < -0.39 is 5.97 Å². The number of hydrogen-bond acceptors (Lipinski definition) is 2. The van der Waals surface area contributed by atoms with E-state index in [-0.39, 0.29) is 12.0 Å². The molecule has 0 spiro atoms. The van der Waals surface area contributed by atoms with Gasteiger partial charge in [0.25, 0.3) is 0 Å². The van der Waals surface area contributed by atoms with Crippen LogP contribution < -0.4 is 5.32 Å². The average molecular weight is 284 g/mol. The number of carbonyl (C=O) groups is 1. The van der Waals surface area contributed by atoms with Gasteiger partial charge in [-0.05, 0) is 25.0 Å². The third-order valence-corrected chi connectivity index (χ3v) is 3.73. The summed E-state index contributed by atoms with van der Waals surface area (Å²) in [5, 5.41) is 12.2. The van der Waals surface area contributed by atoms with Crippen molar-refractivity contribution in [3.63, 3.8) is 0 Å². The fraction of sp³-hybridized carbons (Fsp3) is 0.417. The fourth-order valence-corrected chi connectivity index (χ4v) is 2.61. The van der Waals surface area contributed by atoms with Gasteiger partial charge >= 0.3 is 5.97 Å². The SMILES string of the molecule is Cc1ccc(Br)c(C2CC(C(=O)O)CN2)c1. The number of rotatable bonds is 2. The Morgan fingerprint density at radius 2 is 2.31 bits per heavy atom. The van der Waals surface area contributed by atoms with Crippen molar-refractivity contribution < 1.29 is 9.90 Å². The van der Waals surface area contributed by atoms with Crippen LogP contribution in [0.15, 0.2) is 22.7 Å². The predicted octanol–water partition coefficient (Wildman–Crippen LogP) is 2.49. The lowest BCUT2D eigenvalue weighted by atomic mass is 9.99. The molecule has 0 saturated carbocycles. The maximum Gasteiger partial charge on any atom is 0.307 e. The zero-order valence-corrected chi connectivity index (χ0v) is 10.6. The summed E-state index contributed by atoms with van der Waals surface area (Å²) in [6.07, 6.45) is 0.664. The van der Waals surface area contributed by atoms with Crippen molar-refractivity contribution in [3.05, 3.63) is 33.8 Å². The summed E-state index contributed by atoms with van der Waals surface area (Å²) in [7, 11) is 0. The van der Waals surface area contributed by atoms with E-state index in [1.807, 2.05) is 19.1 Å². The molecule has 4 heteroatoms. The van der Waals surface area contributed by atoms with E-state index in [2.05, 4.69) is 27.3 Å². The molecule has 1 aromatic rings. The molecule has 2 atom stereocenters. The minimum absolute atomic E-state index is 0.148. The standard InChI is InChI=1S/C12H14BrNO2/c1-7-2-3-10(13)9(4-7)11-5-8(6-14-11)12(15)16/h2-4,8,11,14H,5-6H2,1H3,(H,15,16). The quantitative estimate of drug-likeness (QED) is 0.877. The van der Waals surface area contributed by atoms with Crippen LogP contribution in [0.3, 0.4) is 0 Å². The largest absolute Gasteiger partial charge is 0.481 e. The van der Waals surface area contributed by atoms with E-state index >= 15 is 0 Å². The van der Waals surface area contributed by atoms with Gasteiger partial charge in [-0.15, -0.1) is 0 Å². The van der Waals surface area contributed by atoms with E-state index in [1.54, 1.807) is 0 Å². The summed E-state index contributed by atoms with van der Waals surface area (Å²) < 4.78 is 1.04. The molecule has 0 radical (unpaired) electrons. The van der Waals surface area contributed by atoms with Crippen LogP contribution in [0.5, 0.6) is 0 Å². The van der Waals surface area contributed by atoms with Gasteiger partial charge in [-0.3, -0.25) is 4.79 Å². The molecule has 1 fully saturated rings. The van der Waals surface area contributed by atoms with Crippen LogP contribution in [0.2, 0.25) is 0 Å². The molecule has 86 valence electrons. The molecule has 0 aromatic heterocycles. The Hall–Kier alpha value is -0.870. The number of benzene rings is 1. The predicted molar refractivity (Wildman–Crippen MR) is 65.4 cm³/mol. The van der Waals surface area contributed by atoms with E-state index in [0.717, 1.165) is 10.0 Å². The maximum atomic E-state index is 10.9. The normalized spacial score (nSPS) is 24.6. The van der Waals surface area contributed by atoms with E-state index in [9.17, 15) is 4.79 Å². The fourth-order valence-electron chi connectivity index (χ4n) is 2.09. The van der Waals surface area contributed by atoms with Crippen molar-refractivity contribution in [2.45, 2.75) is 19.4 Å². The molecule has 0 bridgehead atoms. The monoisotopic (exact) mass is 283 g/mol. The molecule has 1 aromatic carbocycles. The van der Waals surface area contributed by atoms with Crippen molar-refractivity contribution in [1.82, 2.24) is 5.32 Å². The topological polar surface area (TPSA) is 49.3 Å².